The van der Waals surface area contributed by atoms with E-state index in [0.29, 0.717) is 24.5 Å². The summed E-state index contributed by atoms with van der Waals surface area (Å²) < 4.78 is 13.8. The van der Waals surface area contributed by atoms with Crippen LogP contribution >= 0.6 is 0 Å². The molecule has 0 atom stereocenters. The van der Waals surface area contributed by atoms with Crippen LogP contribution in [0.4, 0.5) is 0 Å². The van der Waals surface area contributed by atoms with Crippen molar-refractivity contribution in [2.75, 3.05) is 13.2 Å². The van der Waals surface area contributed by atoms with Gasteiger partial charge in [-0.2, -0.15) is 0 Å². The number of hydrogen-bond donors (Lipinski definition) is 0. The molecule has 0 saturated carbocycles. The fourth-order valence-electron chi connectivity index (χ4n) is 3.51. The van der Waals surface area contributed by atoms with Gasteiger partial charge in [-0.05, 0) is 49.2 Å². The van der Waals surface area contributed by atoms with Crippen molar-refractivity contribution in [1.82, 2.24) is 4.57 Å². The summed E-state index contributed by atoms with van der Waals surface area (Å²) in [6.07, 6.45) is 1.91. The molecule has 3 aromatic carbocycles. The van der Waals surface area contributed by atoms with E-state index in [1.165, 1.54) is 5.56 Å². The predicted octanol–water partition coefficient (Wildman–Crippen LogP) is 5.60. The van der Waals surface area contributed by atoms with Crippen LogP contribution in [0.2, 0.25) is 0 Å². The second kappa shape index (κ2) is 8.87. The van der Waals surface area contributed by atoms with E-state index in [2.05, 4.69) is 29.7 Å². The first-order valence-electron chi connectivity index (χ1n) is 10.1. The number of Topliss-reactive ketones (excluding diaryl/α,β-unsaturated/α-hetero) is 1. The Balaban J connectivity index is 1.49. The molecule has 0 saturated heterocycles. The first kappa shape index (κ1) is 19.8. The van der Waals surface area contributed by atoms with E-state index in [1.54, 1.807) is 0 Å². The highest BCUT2D eigenvalue weighted by atomic mass is 16.5. The summed E-state index contributed by atoms with van der Waals surface area (Å²) in [4.78, 5) is 12.9. The van der Waals surface area contributed by atoms with Crippen molar-refractivity contribution in [3.63, 3.8) is 0 Å². The first-order chi connectivity index (χ1) is 14.6. The van der Waals surface area contributed by atoms with Gasteiger partial charge in [-0.15, -0.1) is 0 Å². The summed E-state index contributed by atoms with van der Waals surface area (Å²) >= 11 is 0. The van der Waals surface area contributed by atoms with E-state index in [-0.39, 0.29) is 12.4 Å². The van der Waals surface area contributed by atoms with E-state index in [4.69, 9.17) is 9.47 Å². The Morgan fingerprint density at radius 2 is 1.67 bits per heavy atom. The molecule has 0 amide bonds. The zero-order valence-electron chi connectivity index (χ0n) is 17.3. The van der Waals surface area contributed by atoms with Gasteiger partial charge in [-0.3, -0.25) is 4.79 Å². The highest BCUT2D eigenvalue weighted by Gasteiger charge is 2.15. The molecular formula is C26H25NO3. The van der Waals surface area contributed by atoms with Gasteiger partial charge in [-0.1, -0.05) is 48.5 Å². The largest absolute Gasteiger partial charge is 0.491 e. The van der Waals surface area contributed by atoms with Crippen LogP contribution in [0, 0.1) is 13.8 Å². The molecule has 0 aliphatic carbocycles. The lowest BCUT2D eigenvalue weighted by Gasteiger charge is -2.11. The Labute approximate surface area is 176 Å². The van der Waals surface area contributed by atoms with Gasteiger partial charge in [0.25, 0.3) is 0 Å². The Kier molecular flexibility index (Phi) is 5.84. The molecule has 30 heavy (non-hydrogen) atoms. The molecule has 0 aliphatic rings. The summed E-state index contributed by atoms with van der Waals surface area (Å²) in [6.45, 7) is 5.29. The Hall–Kier alpha value is -3.53. The average Bonchev–Trinajstić information content (AvgIpc) is 3.14. The van der Waals surface area contributed by atoms with Gasteiger partial charge < -0.3 is 14.0 Å². The van der Waals surface area contributed by atoms with Gasteiger partial charge in [0.15, 0.2) is 6.61 Å². The van der Waals surface area contributed by atoms with E-state index < -0.39 is 0 Å². The quantitative estimate of drug-likeness (QED) is 0.362. The maximum absolute atomic E-state index is 12.9. The number of carbonyl (C=O) groups excluding carboxylic acids is 1. The lowest BCUT2D eigenvalue weighted by atomic mass is 10.1. The Morgan fingerprint density at radius 3 is 2.50 bits per heavy atom. The van der Waals surface area contributed by atoms with E-state index >= 15 is 0 Å². The van der Waals surface area contributed by atoms with Crippen molar-refractivity contribution in [1.29, 1.82) is 0 Å². The van der Waals surface area contributed by atoms with Crippen molar-refractivity contribution in [3.8, 4) is 11.5 Å². The summed E-state index contributed by atoms with van der Waals surface area (Å²) in [7, 11) is 0. The monoisotopic (exact) mass is 399 g/mol. The van der Waals surface area contributed by atoms with Gasteiger partial charge in [0.1, 0.15) is 18.1 Å². The van der Waals surface area contributed by atoms with Crippen LogP contribution in [0.5, 0.6) is 11.5 Å². The highest BCUT2D eigenvalue weighted by Crippen LogP contribution is 2.23. The number of fused-ring (bicyclic) bond motifs is 1. The standard InChI is InChI=1S/C26H25NO3/c1-19-12-13-20(2)26(16-19)29-15-14-27-17-23(22-10-6-7-11-24(22)27)25(28)18-30-21-8-4-3-5-9-21/h3-13,16-17H,14-15,18H2,1-2H3. The van der Waals surface area contributed by atoms with Crippen LogP contribution in [0.1, 0.15) is 21.5 Å². The number of para-hydroxylation sites is 2. The van der Waals surface area contributed by atoms with Crippen LogP contribution < -0.4 is 9.47 Å². The topological polar surface area (TPSA) is 40.5 Å². The molecule has 4 aromatic rings. The van der Waals surface area contributed by atoms with Crippen molar-refractivity contribution in [3.05, 3.63) is 95.7 Å². The van der Waals surface area contributed by atoms with Crippen LogP contribution in [-0.2, 0) is 6.54 Å². The molecule has 152 valence electrons. The Bertz CT molecular complexity index is 1160. The second-order valence-corrected chi connectivity index (χ2v) is 7.40. The van der Waals surface area contributed by atoms with Crippen molar-refractivity contribution >= 4 is 16.7 Å². The molecule has 0 radical (unpaired) electrons. The van der Waals surface area contributed by atoms with Crippen molar-refractivity contribution < 1.29 is 14.3 Å². The molecule has 0 unspecified atom stereocenters. The fraction of sp³-hybridized carbons (Fsp3) is 0.192. The van der Waals surface area contributed by atoms with Crippen LogP contribution in [0.25, 0.3) is 10.9 Å². The molecule has 1 heterocycles. The molecule has 0 N–H and O–H groups in total. The van der Waals surface area contributed by atoms with Gasteiger partial charge in [0.05, 0.1) is 6.54 Å². The number of nitrogens with zero attached hydrogens (tertiary/aromatic N) is 1. The third kappa shape index (κ3) is 4.38. The molecule has 0 bridgehead atoms. The van der Waals surface area contributed by atoms with Crippen LogP contribution in [0.3, 0.4) is 0 Å². The minimum atomic E-state index is -0.0377. The minimum absolute atomic E-state index is 0.0109. The normalized spacial score (nSPS) is 10.9. The number of carbonyl (C=O) groups is 1. The summed E-state index contributed by atoms with van der Waals surface area (Å²) in [5.74, 6) is 1.56. The maximum Gasteiger partial charge on any atom is 0.202 e. The predicted molar refractivity (Wildman–Crippen MR) is 120 cm³/mol. The second-order valence-electron chi connectivity index (χ2n) is 7.40. The lowest BCUT2D eigenvalue weighted by Crippen LogP contribution is -2.11. The first-order valence-corrected chi connectivity index (χ1v) is 10.1. The van der Waals surface area contributed by atoms with Gasteiger partial charge in [0, 0.05) is 22.7 Å². The molecule has 1 aromatic heterocycles. The van der Waals surface area contributed by atoms with Crippen molar-refractivity contribution in [2.24, 2.45) is 0 Å². The highest BCUT2D eigenvalue weighted by molar-refractivity contribution is 6.08. The van der Waals surface area contributed by atoms with Crippen LogP contribution in [-0.4, -0.2) is 23.6 Å². The molecule has 0 spiro atoms. The SMILES string of the molecule is Cc1ccc(C)c(OCCn2cc(C(=O)COc3ccccc3)c3ccccc32)c1. The third-order valence-electron chi connectivity index (χ3n) is 5.14. The molecule has 0 fully saturated rings. The molecule has 4 nitrogen and oxygen atoms in total. The number of ketones is 1. The van der Waals surface area contributed by atoms with Crippen molar-refractivity contribution in [2.45, 2.75) is 20.4 Å². The summed E-state index contributed by atoms with van der Waals surface area (Å²) in [5.41, 5.74) is 3.98. The number of aryl methyl sites for hydroxylation is 2. The smallest absolute Gasteiger partial charge is 0.202 e. The van der Waals surface area contributed by atoms with E-state index in [1.807, 2.05) is 67.7 Å². The molecule has 4 heteroatoms. The number of aromatic nitrogens is 1. The molecule has 0 aliphatic heterocycles. The minimum Gasteiger partial charge on any atom is -0.491 e. The molecule has 4 rings (SSSR count). The summed E-state index contributed by atoms with van der Waals surface area (Å²) in [5, 5.41) is 0.936. The maximum atomic E-state index is 12.9. The number of hydrogen-bond acceptors (Lipinski definition) is 3. The van der Waals surface area contributed by atoms with E-state index in [0.717, 1.165) is 22.2 Å². The fourth-order valence-corrected chi connectivity index (χ4v) is 3.51. The van der Waals surface area contributed by atoms with Gasteiger partial charge in [0.2, 0.25) is 5.78 Å². The number of ether oxygens (including phenoxy) is 2. The number of rotatable bonds is 8. The Morgan fingerprint density at radius 1 is 0.900 bits per heavy atom. The van der Waals surface area contributed by atoms with Gasteiger partial charge in [-0.25, -0.2) is 0 Å². The zero-order valence-corrected chi connectivity index (χ0v) is 17.3. The summed E-state index contributed by atoms with van der Waals surface area (Å²) in [6, 6.07) is 23.5. The third-order valence-corrected chi connectivity index (χ3v) is 5.14. The average molecular weight is 399 g/mol. The molecular weight excluding hydrogens is 374 g/mol. The van der Waals surface area contributed by atoms with Gasteiger partial charge >= 0.3 is 0 Å². The van der Waals surface area contributed by atoms with Crippen LogP contribution in [0.15, 0.2) is 79.0 Å². The lowest BCUT2D eigenvalue weighted by molar-refractivity contribution is 0.0923. The zero-order chi connectivity index (χ0) is 20.9. The number of benzene rings is 3. The van der Waals surface area contributed by atoms with E-state index in [9.17, 15) is 4.79 Å².